The van der Waals surface area contributed by atoms with Gasteiger partial charge in [-0.25, -0.2) is 0 Å². The smallest absolute Gasteiger partial charge is 0.114 e. The number of hydrogen-bond acceptors (Lipinski definition) is 2. The molecule has 2 N–H and O–H groups in total. The predicted octanol–water partition coefficient (Wildman–Crippen LogP) is 3.03. The van der Waals surface area contributed by atoms with Gasteiger partial charge in [-0.3, -0.25) is 0 Å². The lowest BCUT2D eigenvalue weighted by Crippen LogP contribution is -2.09. The fourth-order valence-electron chi connectivity index (χ4n) is 1.62. The van der Waals surface area contributed by atoms with E-state index in [0.717, 1.165) is 10.9 Å². The molecular weight excluding hydrogens is 228 g/mol. The Kier molecular flexibility index (Phi) is 3.17. The van der Waals surface area contributed by atoms with E-state index in [0.29, 0.717) is 5.57 Å². The van der Waals surface area contributed by atoms with Crippen molar-refractivity contribution in [1.29, 1.82) is 5.26 Å². The lowest BCUT2D eigenvalue weighted by molar-refractivity contribution is 1.51. The van der Waals surface area contributed by atoms with E-state index in [-0.39, 0.29) is 4.99 Å². The summed E-state index contributed by atoms with van der Waals surface area (Å²) in [5.41, 5.74) is 6.70. The summed E-state index contributed by atoms with van der Waals surface area (Å²) in [5, 5.41) is 11.2. The highest BCUT2D eigenvalue weighted by molar-refractivity contribution is 7.80. The fraction of sp³-hybridized carbons (Fsp3) is 0. The Hall–Kier alpha value is -2.18. The van der Waals surface area contributed by atoms with Gasteiger partial charge in [-0.15, -0.1) is 0 Å². The van der Waals surface area contributed by atoms with Crippen molar-refractivity contribution in [2.24, 2.45) is 5.73 Å². The van der Waals surface area contributed by atoms with Crippen molar-refractivity contribution in [3.05, 3.63) is 53.6 Å². The highest BCUT2D eigenvalue weighted by atomic mass is 32.1. The topological polar surface area (TPSA) is 49.8 Å². The van der Waals surface area contributed by atoms with Gasteiger partial charge in [0.05, 0.1) is 5.57 Å². The van der Waals surface area contributed by atoms with Gasteiger partial charge in [0.2, 0.25) is 0 Å². The SMILES string of the molecule is N#CC(=Cc1ccc2ccccc2c1)C(N)=S. The second kappa shape index (κ2) is 4.77. The summed E-state index contributed by atoms with van der Waals surface area (Å²) in [6.07, 6.45) is 1.70. The van der Waals surface area contributed by atoms with Crippen LogP contribution in [0.1, 0.15) is 5.56 Å². The van der Waals surface area contributed by atoms with E-state index in [1.54, 1.807) is 6.08 Å². The molecule has 0 aliphatic heterocycles. The van der Waals surface area contributed by atoms with E-state index in [1.807, 2.05) is 48.5 Å². The quantitative estimate of drug-likeness (QED) is 0.497. The van der Waals surface area contributed by atoms with E-state index < -0.39 is 0 Å². The molecule has 0 fully saturated rings. The molecule has 2 aromatic carbocycles. The van der Waals surface area contributed by atoms with Gasteiger partial charge in [0.1, 0.15) is 11.1 Å². The molecule has 0 spiro atoms. The summed E-state index contributed by atoms with van der Waals surface area (Å²) in [6.45, 7) is 0. The van der Waals surface area contributed by atoms with Crippen molar-refractivity contribution in [3.8, 4) is 6.07 Å². The van der Waals surface area contributed by atoms with Gasteiger partial charge in [0, 0.05) is 0 Å². The fourth-order valence-corrected chi connectivity index (χ4v) is 1.73. The molecule has 17 heavy (non-hydrogen) atoms. The molecule has 2 rings (SSSR count). The molecule has 0 saturated heterocycles. The van der Waals surface area contributed by atoms with Crippen LogP contribution in [0.5, 0.6) is 0 Å². The summed E-state index contributed by atoms with van der Waals surface area (Å²) >= 11 is 4.80. The summed E-state index contributed by atoms with van der Waals surface area (Å²) in [6, 6.07) is 16.0. The molecule has 2 nitrogen and oxygen atoms in total. The largest absolute Gasteiger partial charge is 0.389 e. The molecule has 0 amide bonds. The third-order valence-corrected chi connectivity index (χ3v) is 2.69. The number of thiocarbonyl (C=S) groups is 1. The van der Waals surface area contributed by atoms with Crippen LogP contribution in [-0.2, 0) is 0 Å². The minimum atomic E-state index is 0.126. The first-order chi connectivity index (χ1) is 8.20. The Balaban J connectivity index is 2.51. The zero-order valence-corrected chi connectivity index (χ0v) is 9.87. The Labute approximate surface area is 105 Å². The van der Waals surface area contributed by atoms with Gasteiger partial charge in [0.15, 0.2) is 0 Å². The van der Waals surface area contributed by atoms with E-state index in [9.17, 15) is 0 Å². The molecule has 0 bridgehead atoms. The van der Waals surface area contributed by atoms with Crippen LogP contribution in [0, 0.1) is 11.3 Å². The molecule has 0 saturated carbocycles. The number of benzene rings is 2. The number of hydrogen-bond donors (Lipinski definition) is 1. The number of fused-ring (bicyclic) bond motifs is 1. The van der Waals surface area contributed by atoms with E-state index in [1.165, 1.54) is 5.39 Å². The van der Waals surface area contributed by atoms with Gasteiger partial charge < -0.3 is 5.73 Å². The molecule has 0 heterocycles. The number of rotatable bonds is 2. The molecule has 0 radical (unpaired) electrons. The minimum absolute atomic E-state index is 0.126. The predicted molar refractivity (Wildman–Crippen MR) is 74.3 cm³/mol. The highest BCUT2D eigenvalue weighted by Crippen LogP contribution is 2.17. The Morgan fingerprint density at radius 2 is 1.88 bits per heavy atom. The van der Waals surface area contributed by atoms with Gasteiger partial charge >= 0.3 is 0 Å². The first-order valence-electron chi connectivity index (χ1n) is 5.11. The lowest BCUT2D eigenvalue weighted by Gasteiger charge is -2.00. The first kappa shape index (κ1) is 11.3. The zero-order chi connectivity index (χ0) is 12.3. The van der Waals surface area contributed by atoms with Crippen molar-refractivity contribution >= 4 is 34.1 Å². The van der Waals surface area contributed by atoms with Crippen molar-refractivity contribution in [2.75, 3.05) is 0 Å². The standard InChI is InChI=1S/C14H10N2S/c15-9-13(14(16)17)8-10-5-6-11-3-1-2-4-12(11)7-10/h1-8H,(H2,16,17). The molecule has 0 aliphatic carbocycles. The maximum atomic E-state index is 8.89. The van der Waals surface area contributed by atoms with E-state index in [4.69, 9.17) is 23.2 Å². The first-order valence-corrected chi connectivity index (χ1v) is 5.52. The van der Waals surface area contributed by atoms with Gasteiger partial charge in [0.25, 0.3) is 0 Å². The third-order valence-electron chi connectivity index (χ3n) is 2.47. The number of nitrogens with two attached hydrogens (primary N) is 1. The van der Waals surface area contributed by atoms with Crippen LogP contribution in [0.2, 0.25) is 0 Å². The van der Waals surface area contributed by atoms with Crippen LogP contribution in [0.15, 0.2) is 48.0 Å². The Morgan fingerprint density at radius 3 is 2.53 bits per heavy atom. The maximum absolute atomic E-state index is 8.89. The summed E-state index contributed by atoms with van der Waals surface area (Å²) in [5.74, 6) is 0. The molecule has 0 atom stereocenters. The summed E-state index contributed by atoms with van der Waals surface area (Å²) in [4.78, 5) is 0.126. The zero-order valence-electron chi connectivity index (χ0n) is 9.05. The van der Waals surface area contributed by atoms with Crippen LogP contribution in [0.25, 0.3) is 16.8 Å². The van der Waals surface area contributed by atoms with Crippen LogP contribution in [0.4, 0.5) is 0 Å². The molecule has 3 heteroatoms. The van der Waals surface area contributed by atoms with Gasteiger partial charge in [-0.2, -0.15) is 5.26 Å². The van der Waals surface area contributed by atoms with Crippen LogP contribution < -0.4 is 5.73 Å². The van der Waals surface area contributed by atoms with Gasteiger partial charge in [-0.1, -0.05) is 48.6 Å². The highest BCUT2D eigenvalue weighted by Gasteiger charge is 2.00. The Morgan fingerprint density at radius 1 is 1.18 bits per heavy atom. The molecular formula is C14H10N2S. The van der Waals surface area contributed by atoms with E-state index >= 15 is 0 Å². The third kappa shape index (κ3) is 2.49. The van der Waals surface area contributed by atoms with E-state index in [2.05, 4.69) is 0 Å². The van der Waals surface area contributed by atoms with Crippen molar-refractivity contribution in [3.63, 3.8) is 0 Å². The normalized spacial score (nSPS) is 11.1. The summed E-state index contributed by atoms with van der Waals surface area (Å²) in [7, 11) is 0. The monoisotopic (exact) mass is 238 g/mol. The van der Waals surface area contributed by atoms with Crippen molar-refractivity contribution in [2.45, 2.75) is 0 Å². The van der Waals surface area contributed by atoms with Crippen molar-refractivity contribution in [1.82, 2.24) is 0 Å². The molecule has 0 aliphatic rings. The maximum Gasteiger partial charge on any atom is 0.114 e. The lowest BCUT2D eigenvalue weighted by atomic mass is 10.1. The second-order valence-corrected chi connectivity index (χ2v) is 4.08. The minimum Gasteiger partial charge on any atom is -0.389 e. The average Bonchev–Trinajstić information content (AvgIpc) is 2.35. The number of nitriles is 1. The molecule has 0 unspecified atom stereocenters. The van der Waals surface area contributed by atoms with Crippen LogP contribution >= 0.6 is 12.2 Å². The van der Waals surface area contributed by atoms with Crippen LogP contribution in [0.3, 0.4) is 0 Å². The van der Waals surface area contributed by atoms with Gasteiger partial charge in [-0.05, 0) is 28.5 Å². The van der Waals surface area contributed by atoms with Crippen LogP contribution in [-0.4, -0.2) is 4.99 Å². The Bertz CT molecular complexity index is 651. The van der Waals surface area contributed by atoms with Crippen molar-refractivity contribution < 1.29 is 0 Å². The average molecular weight is 238 g/mol. The second-order valence-electron chi connectivity index (χ2n) is 3.64. The summed E-state index contributed by atoms with van der Waals surface area (Å²) < 4.78 is 0. The molecule has 0 aromatic heterocycles. The molecule has 82 valence electrons. The molecule has 2 aromatic rings. The number of nitrogens with zero attached hydrogens (tertiary/aromatic N) is 1.